The van der Waals surface area contributed by atoms with E-state index < -0.39 is 5.97 Å². The van der Waals surface area contributed by atoms with Crippen molar-refractivity contribution in [3.05, 3.63) is 76.9 Å². The van der Waals surface area contributed by atoms with Gasteiger partial charge in [0.15, 0.2) is 0 Å². The maximum Gasteiger partial charge on any atom is 0.335 e. The number of hydrogen-bond donors (Lipinski definition) is 1. The van der Waals surface area contributed by atoms with Crippen LogP contribution >= 0.6 is 0 Å². The molecule has 2 heteroatoms. The molecule has 2 aromatic carbocycles. The predicted molar refractivity (Wildman–Crippen MR) is 80.0 cm³/mol. The first-order valence-electron chi connectivity index (χ1n) is 6.84. The Morgan fingerprint density at radius 3 is 2.40 bits per heavy atom. The lowest BCUT2D eigenvalue weighted by molar-refractivity contribution is 0.0695. The molecule has 0 amide bonds. The first kappa shape index (κ1) is 12.7. The molecule has 2 aromatic rings. The second-order valence-corrected chi connectivity index (χ2v) is 5.00. The molecule has 0 aliphatic heterocycles. The highest BCUT2D eigenvalue weighted by molar-refractivity contribution is 5.91. The van der Waals surface area contributed by atoms with Gasteiger partial charge in [0.25, 0.3) is 0 Å². The number of rotatable bonds is 3. The Kier molecular flexibility index (Phi) is 3.15. The fourth-order valence-corrected chi connectivity index (χ4v) is 2.97. The SMILES string of the molecule is CCC1=CC(c2ccccc2C(=O)O)c2ccccc21. The van der Waals surface area contributed by atoms with E-state index in [9.17, 15) is 9.90 Å². The van der Waals surface area contributed by atoms with Gasteiger partial charge in [0.05, 0.1) is 5.56 Å². The average Bonchev–Trinajstić information content (AvgIpc) is 2.86. The molecule has 3 rings (SSSR count). The zero-order chi connectivity index (χ0) is 14.1. The van der Waals surface area contributed by atoms with Crippen LogP contribution in [0.1, 0.15) is 46.3 Å². The van der Waals surface area contributed by atoms with E-state index in [-0.39, 0.29) is 5.92 Å². The number of carbonyl (C=O) groups is 1. The number of carboxylic acid groups (broad SMARTS) is 1. The van der Waals surface area contributed by atoms with Crippen LogP contribution in [0.25, 0.3) is 5.57 Å². The van der Waals surface area contributed by atoms with E-state index in [1.54, 1.807) is 12.1 Å². The summed E-state index contributed by atoms with van der Waals surface area (Å²) in [5, 5.41) is 9.38. The van der Waals surface area contributed by atoms with Crippen molar-refractivity contribution in [1.82, 2.24) is 0 Å². The summed E-state index contributed by atoms with van der Waals surface area (Å²) in [4.78, 5) is 11.4. The normalized spacial score (nSPS) is 16.6. The molecule has 100 valence electrons. The Labute approximate surface area is 118 Å². The maximum absolute atomic E-state index is 11.4. The highest BCUT2D eigenvalue weighted by Gasteiger charge is 2.26. The molecular formula is C18H16O2. The molecule has 0 bridgehead atoms. The Hall–Kier alpha value is -2.35. The summed E-state index contributed by atoms with van der Waals surface area (Å²) < 4.78 is 0. The third-order valence-electron chi connectivity index (χ3n) is 3.92. The summed E-state index contributed by atoms with van der Waals surface area (Å²) in [6.07, 6.45) is 3.16. The highest BCUT2D eigenvalue weighted by Crippen LogP contribution is 2.41. The van der Waals surface area contributed by atoms with Crippen molar-refractivity contribution in [3.63, 3.8) is 0 Å². The van der Waals surface area contributed by atoms with E-state index in [4.69, 9.17) is 0 Å². The monoisotopic (exact) mass is 264 g/mol. The van der Waals surface area contributed by atoms with E-state index >= 15 is 0 Å². The minimum Gasteiger partial charge on any atom is -0.478 e. The van der Waals surface area contributed by atoms with E-state index in [0.717, 1.165) is 12.0 Å². The van der Waals surface area contributed by atoms with Gasteiger partial charge in [0.1, 0.15) is 0 Å². The van der Waals surface area contributed by atoms with Gasteiger partial charge in [-0.15, -0.1) is 0 Å². The van der Waals surface area contributed by atoms with E-state index in [2.05, 4.69) is 25.1 Å². The van der Waals surface area contributed by atoms with Gasteiger partial charge in [-0.25, -0.2) is 4.79 Å². The van der Waals surface area contributed by atoms with E-state index in [1.165, 1.54) is 16.7 Å². The Bertz CT molecular complexity index is 698. The zero-order valence-electron chi connectivity index (χ0n) is 11.3. The Balaban J connectivity index is 2.17. The maximum atomic E-state index is 11.4. The van der Waals surface area contributed by atoms with Gasteiger partial charge in [0, 0.05) is 5.92 Å². The van der Waals surface area contributed by atoms with Crippen LogP contribution in [-0.2, 0) is 0 Å². The largest absolute Gasteiger partial charge is 0.478 e. The third kappa shape index (κ3) is 1.94. The molecule has 1 atom stereocenters. The van der Waals surface area contributed by atoms with Crippen molar-refractivity contribution in [1.29, 1.82) is 0 Å². The van der Waals surface area contributed by atoms with Crippen molar-refractivity contribution < 1.29 is 9.90 Å². The summed E-state index contributed by atoms with van der Waals surface area (Å²) in [6, 6.07) is 15.5. The van der Waals surface area contributed by atoms with Gasteiger partial charge in [-0.2, -0.15) is 0 Å². The van der Waals surface area contributed by atoms with Gasteiger partial charge in [-0.3, -0.25) is 0 Å². The molecule has 0 aromatic heterocycles. The van der Waals surface area contributed by atoms with Crippen LogP contribution in [0.2, 0.25) is 0 Å². The van der Waals surface area contributed by atoms with Gasteiger partial charge in [0.2, 0.25) is 0 Å². The van der Waals surface area contributed by atoms with Crippen LogP contribution in [0.5, 0.6) is 0 Å². The minimum atomic E-state index is -0.864. The highest BCUT2D eigenvalue weighted by atomic mass is 16.4. The molecule has 1 N–H and O–H groups in total. The summed E-state index contributed by atoms with van der Waals surface area (Å²) >= 11 is 0. The van der Waals surface area contributed by atoms with Crippen LogP contribution in [0.15, 0.2) is 54.6 Å². The summed E-state index contributed by atoms with van der Waals surface area (Å²) in [5.41, 5.74) is 5.01. The first-order chi connectivity index (χ1) is 9.72. The lowest BCUT2D eigenvalue weighted by Crippen LogP contribution is -2.06. The first-order valence-corrected chi connectivity index (χ1v) is 6.84. The summed E-state index contributed by atoms with van der Waals surface area (Å²) in [5.74, 6) is -0.815. The van der Waals surface area contributed by atoms with Crippen LogP contribution < -0.4 is 0 Å². The quantitative estimate of drug-likeness (QED) is 0.896. The van der Waals surface area contributed by atoms with Crippen LogP contribution in [0.4, 0.5) is 0 Å². The second-order valence-electron chi connectivity index (χ2n) is 5.00. The molecule has 1 aliphatic rings. The standard InChI is InChI=1S/C18H16O2/c1-2-12-11-17(14-8-4-3-7-13(12)14)15-9-5-6-10-16(15)18(19)20/h3-11,17H,2H2,1H3,(H,19,20). The topological polar surface area (TPSA) is 37.3 Å². The molecule has 0 spiro atoms. The van der Waals surface area contributed by atoms with E-state index in [1.807, 2.05) is 24.3 Å². The smallest absolute Gasteiger partial charge is 0.335 e. The lowest BCUT2D eigenvalue weighted by Gasteiger charge is -2.14. The van der Waals surface area contributed by atoms with Crippen molar-refractivity contribution in [2.24, 2.45) is 0 Å². The molecule has 20 heavy (non-hydrogen) atoms. The molecule has 0 fully saturated rings. The van der Waals surface area contributed by atoms with Crippen LogP contribution in [-0.4, -0.2) is 11.1 Å². The van der Waals surface area contributed by atoms with Gasteiger partial charge >= 0.3 is 5.97 Å². The molecule has 1 aliphatic carbocycles. The Morgan fingerprint density at radius 1 is 1.05 bits per heavy atom. The molecule has 0 saturated heterocycles. The number of carboxylic acids is 1. The van der Waals surface area contributed by atoms with Crippen LogP contribution in [0, 0.1) is 0 Å². The van der Waals surface area contributed by atoms with Gasteiger partial charge < -0.3 is 5.11 Å². The molecule has 1 unspecified atom stereocenters. The fourth-order valence-electron chi connectivity index (χ4n) is 2.97. The number of fused-ring (bicyclic) bond motifs is 1. The second kappa shape index (κ2) is 4.97. The van der Waals surface area contributed by atoms with E-state index in [0.29, 0.717) is 5.56 Å². The molecule has 0 saturated carbocycles. The summed E-state index contributed by atoms with van der Waals surface area (Å²) in [7, 11) is 0. The zero-order valence-corrected chi connectivity index (χ0v) is 11.3. The number of benzene rings is 2. The van der Waals surface area contributed by atoms with Gasteiger partial charge in [-0.05, 0) is 34.8 Å². The molecule has 0 radical (unpaired) electrons. The number of allylic oxidation sites excluding steroid dienone is 2. The van der Waals surface area contributed by atoms with Crippen molar-refractivity contribution >= 4 is 11.5 Å². The third-order valence-corrected chi connectivity index (χ3v) is 3.92. The number of aromatic carboxylic acids is 1. The summed E-state index contributed by atoms with van der Waals surface area (Å²) in [6.45, 7) is 2.13. The lowest BCUT2D eigenvalue weighted by atomic mass is 9.90. The van der Waals surface area contributed by atoms with Crippen LogP contribution in [0.3, 0.4) is 0 Å². The van der Waals surface area contributed by atoms with Crippen molar-refractivity contribution in [2.75, 3.05) is 0 Å². The Morgan fingerprint density at radius 2 is 1.70 bits per heavy atom. The van der Waals surface area contributed by atoms with Gasteiger partial charge in [-0.1, -0.05) is 55.5 Å². The molecule has 2 nitrogen and oxygen atoms in total. The minimum absolute atomic E-state index is 0.0495. The average molecular weight is 264 g/mol. The molecule has 0 heterocycles. The van der Waals surface area contributed by atoms with Crippen molar-refractivity contribution in [2.45, 2.75) is 19.3 Å². The number of hydrogen-bond acceptors (Lipinski definition) is 1. The fraction of sp³-hybridized carbons (Fsp3) is 0.167. The predicted octanol–water partition coefficient (Wildman–Crippen LogP) is 4.32. The molecular weight excluding hydrogens is 248 g/mol. The van der Waals surface area contributed by atoms with Crippen molar-refractivity contribution in [3.8, 4) is 0 Å².